The lowest BCUT2D eigenvalue weighted by Crippen LogP contribution is -2.16. The Bertz CT molecular complexity index is 1700. The highest BCUT2D eigenvalue weighted by atomic mass is 14.9. The van der Waals surface area contributed by atoms with Crippen LogP contribution in [0.1, 0.15) is 37.8 Å². The molecule has 0 atom stereocenters. The maximum absolute atomic E-state index is 5.04. The molecule has 0 radical (unpaired) electrons. The van der Waals surface area contributed by atoms with E-state index in [4.69, 9.17) is 9.97 Å². The van der Waals surface area contributed by atoms with E-state index in [1.165, 1.54) is 33.4 Å². The molecule has 5 aromatic rings. The van der Waals surface area contributed by atoms with Crippen molar-refractivity contribution in [2.45, 2.75) is 32.1 Å². The predicted molar refractivity (Wildman–Crippen MR) is 162 cm³/mol. The summed E-state index contributed by atoms with van der Waals surface area (Å²) in [5, 5.41) is 0. The number of hydrogen-bond donors (Lipinski definition) is 0. The Labute approximate surface area is 230 Å². The maximum Gasteiger partial charge on any atom is 0.160 e. The van der Waals surface area contributed by atoms with E-state index in [1.807, 2.05) is 12.1 Å². The number of rotatable bonds is 4. The van der Waals surface area contributed by atoms with Crippen LogP contribution in [-0.2, 0) is 5.41 Å². The third-order valence-corrected chi connectivity index (χ3v) is 8.18. The van der Waals surface area contributed by atoms with Crippen molar-refractivity contribution in [3.8, 4) is 45.0 Å². The monoisotopic (exact) mass is 502 g/mol. The van der Waals surface area contributed by atoms with Crippen LogP contribution >= 0.6 is 0 Å². The van der Waals surface area contributed by atoms with Gasteiger partial charge in [-0.2, -0.15) is 0 Å². The van der Waals surface area contributed by atoms with Crippen molar-refractivity contribution in [2.24, 2.45) is 0 Å². The second-order valence-electron chi connectivity index (χ2n) is 11.0. The van der Waals surface area contributed by atoms with Crippen molar-refractivity contribution in [1.82, 2.24) is 9.97 Å². The first kappa shape index (κ1) is 23.5. The molecular formula is C37H30N2. The van der Waals surface area contributed by atoms with Gasteiger partial charge in [0, 0.05) is 22.1 Å². The van der Waals surface area contributed by atoms with Gasteiger partial charge in [0.05, 0.1) is 11.4 Å². The first-order valence-electron chi connectivity index (χ1n) is 13.7. The first-order chi connectivity index (χ1) is 19.1. The van der Waals surface area contributed by atoms with Crippen LogP contribution in [0.4, 0.5) is 0 Å². The molecule has 0 unspecified atom stereocenters. The van der Waals surface area contributed by atoms with Gasteiger partial charge in [-0.25, -0.2) is 9.97 Å². The van der Waals surface area contributed by atoms with Crippen molar-refractivity contribution in [2.75, 3.05) is 0 Å². The molecule has 2 heteroatoms. The summed E-state index contributed by atoms with van der Waals surface area (Å²) < 4.78 is 0. The Hall–Kier alpha value is -4.56. The van der Waals surface area contributed by atoms with Gasteiger partial charge in [0.25, 0.3) is 0 Å². The molecular weight excluding hydrogens is 472 g/mol. The van der Waals surface area contributed by atoms with Gasteiger partial charge < -0.3 is 0 Å². The molecule has 0 saturated carbocycles. The van der Waals surface area contributed by atoms with E-state index in [1.54, 1.807) is 0 Å². The molecule has 1 aromatic heterocycles. The van der Waals surface area contributed by atoms with E-state index in [0.29, 0.717) is 0 Å². The number of allylic oxidation sites excluding steroid dienone is 4. The van der Waals surface area contributed by atoms with E-state index < -0.39 is 0 Å². The molecule has 0 bridgehead atoms. The summed E-state index contributed by atoms with van der Waals surface area (Å²) in [5.41, 5.74) is 13.3. The lowest BCUT2D eigenvalue weighted by molar-refractivity contribution is 0.651. The maximum atomic E-state index is 5.04. The molecule has 188 valence electrons. The molecule has 0 spiro atoms. The lowest BCUT2D eigenvalue weighted by atomic mass is 9.79. The minimum atomic E-state index is 0.0208. The Balaban J connectivity index is 1.32. The average Bonchev–Trinajstić information content (AvgIpc) is 3.24. The first-order valence-corrected chi connectivity index (χ1v) is 13.7. The van der Waals surface area contributed by atoms with Gasteiger partial charge in [-0.1, -0.05) is 117 Å². The summed E-state index contributed by atoms with van der Waals surface area (Å²) in [5.74, 6) is 0.737. The quantitative estimate of drug-likeness (QED) is 0.244. The standard InChI is InChI=1S/C37H30N2/c1-37(2)32-19-10-9-18-30(32)31-21-20-28(23-33(31)37)27-16-11-17-29(22-27)36-38-34(25-12-5-3-6-13-25)24-35(39-36)26-14-7-4-8-15-26/h3-8,10-17,19-24H,9,18H2,1-2H3. The topological polar surface area (TPSA) is 25.8 Å². The zero-order valence-corrected chi connectivity index (χ0v) is 22.4. The SMILES string of the molecule is CC1(C)C2=C(CCC=C2)c2ccc(-c3cccc(-c4nc(-c5ccccc5)cc(-c5ccccc5)n4)c3)cc21. The normalized spacial score (nSPS) is 15.2. The number of benzene rings is 4. The van der Waals surface area contributed by atoms with Crippen LogP contribution in [-0.4, -0.2) is 9.97 Å². The Kier molecular flexibility index (Phi) is 5.63. The molecule has 0 saturated heterocycles. The summed E-state index contributed by atoms with van der Waals surface area (Å²) in [4.78, 5) is 10.1. The minimum Gasteiger partial charge on any atom is -0.228 e. The fraction of sp³-hybridized carbons (Fsp3) is 0.135. The van der Waals surface area contributed by atoms with E-state index in [2.05, 4.69) is 123 Å². The fourth-order valence-corrected chi connectivity index (χ4v) is 6.11. The third-order valence-electron chi connectivity index (χ3n) is 8.18. The summed E-state index contributed by atoms with van der Waals surface area (Å²) in [6.07, 6.45) is 6.94. The van der Waals surface area contributed by atoms with Crippen LogP contribution in [0.3, 0.4) is 0 Å². The Morgan fingerprint density at radius 1 is 0.590 bits per heavy atom. The van der Waals surface area contributed by atoms with Crippen molar-refractivity contribution < 1.29 is 0 Å². The second kappa shape index (κ2) is 9.32. The highest BCUT2D eigenvalue weighted by Crippen LogP contribution is 2.50. The van der Waals surface area contributed by atoms with Crippen molar-refractivity contribution in [3.05, 3.63) is 138 Å². The molecule has 2 aliphatic carbocycles. The van der Waals surface area contributed by atoms with E-state index >= 15 is 0 Å². The summed E-state index contributed by atoms with van der Waals surface area (Å²) in [6.45, 7) is 4.72. The van der Waals surface area contributed by atoms with Gasteiger partial charge in [0.15, 0.2) is 5.82 Å². The number of nitrogens with zero attached hydrogens (tertiary/aromatic N) is 2. The second-order valence-corrected chi connectivity index (χ2v) is 11.0. The Morgan fingerprint density at radius 3 is 1.90 bits per heavy atom. The molecule has 4 aromatic carbocycles. The minimum absolute atomic E-state index is 0.0208. The van der Waals surface area contributed by atoms with Gasteiger partial charge in [-0.05, 0) is 64.4 Å². The fourth-order valence-electron chi connectivity index (χ4n) is 6.11. The largest absolute Gasteiger partial charge is 0.228 e. The molecule has 0 aliphatic heterocycles. The highest BCUT2D eigenvalue weighted by Gasteiger charge is 2.37. The van der Waals surface area contributed by atoms with Crippen molar-refractivity contribution in [3.63, 3.8) is 0 Å². The molecule has 7 rings (SSSR count). The number of aromatic nitrogens is 2. The van der Waals surface area contributed by atoms with Gasteiger partial charge in [0.2, 0.25) is 0 Å². The van der Waals surface area contributed by atoms with Crippen LogP contribution in [0.15, 0.2) is 127 Å². The molecule has 0 fully saturated rings. The summed E-state index contributed by atoms with van der Waals surface area (Å²) in [6, 6.07) is 38.5. The highest BCUT2D eigenvalue weighted by molar-refractivity contribution is 5.85. The third kappa shape index (κ3) is 4.13. The van der Waals surface area contributed by atoms with Gasteiger partial charge in [0.1, 0.15) is 0 Å². The molecule has 1 heterocycles. The molecule has 39 heavy (non-hydrogen) atoms. The van der Waals surface area contributed by atoms with Crippen molar-refractivity contribution in [1.29, 1.82) is 0 Å². The molecule has 2 nitrogen and oxygen atoms in total. The number of fused-ring (bicyclic) bond motifs is 2. The zero-order valence-electron chi connectivity index (χ0n) is 22.4. The lowest BCUT2D eigenvalue weighted by Gasteiger charge is -2.24. The van der Waals surface area contributed by atoms with Gasteiger partial charge in [-0.15, -0.1) is 0 Å². The van der Waals surface area contributed by atoms with Crippen LogP contribution in [0, 0.1) is 0 Å². The van der Waals surface area contributed by atoms with Crippen LogP contribution in [0.25, 0.3) is 50.6 Å². The van der Waals surface area contributed by atoms with Crippen LogP contribution < -0.4 is 0 Å². The number of hydrogen-bond acceptors (Lipinski definition) is 2. The summed E-state index contributed by atoms with van der Waals surface area (Å²) >= 11 is 0. The predicted octanol–water partition coefficient (Wildman–Crippen LogP) is 9.54. The molecule has 0 N–H and O–H groups in total. The average molecular weight is 503 g/mol. The molecule has 2 aliphatic rings. The molecule has 0 amide bonds. The van der Waals surface area contributed by atoms with Gasteiger partial charge in [-0.3, -0.25) is 0 Å². The van der Waals surface area contributed by atoms with E-state index in [0.717, 1.165) is 46.7 Å². The smallest absolute Gasteiger partial charge is 0.160 e. The van der Waals surface area contributed by atoms with Crippen molar-refractivity contribution >= 4 is 5.57 Å². The van der Waals surface area contributed by atoms with E-state index in [9.17, 15) is 0 Å². The van der Waals surface area contributed by atoms with E-state index in [-0.39, 0.29) is 5.41 Å². The summed E-state index contributed by atoms with van der Waals surface area (Å²) in [7, 11) is 0. The van der Waals surface area contributed by atoms with Gasteiger partial charge >= 0.3 is 0 Å². The zero-order chi connectivity index (χ0) is 26.4. The Morgan fingerprint density at radius 2 is 1.21 bits per heavy atom. The van der Waals surface area contributed by atoms with Crippen LogP contribution in [0.2, 0.25) is 0 Å². The van der Waals surface area contributed by atoms with Crippen LogP contribution in [0.5, 0.6) is 0 Å².